The Morgan fingerprint density at radius 2 is 1.74 bits per heavy atom. The van der Waals surface area contributed by atoms with E-state index in [-0.39, 0.29) is 0 Å². The lowest BCUT2D eigenvalue weighted by Gasteiger charge is -1.99. The highest BCUT2D eigenvalue weighted by molar-refractivity contribution is 7.82. The average Bonchev–Trinajstić information content (AvgIpc) is 2.46. The molecule has 2 rings (SSSR count). The van der Waals surface area contributed by atoms with Gasteiger partial charge in [0.1, 0.15) is 11.0 Å². The Balaban J connectivity index is 2.17. The number of rotatable bonds is 4. The van der Waals surface area contributed by atoms with Gasteiger partial charge >= 0.3 is 0 Å². The van der Waals surface area contributed by atoms with Crippen LogP contribution in [0.25, 0.3) is 12.2 Å². The van der Waals surface area contributed by atoms with Crippen LogP contribution in [0.15, 0.2) is 53.4 Å². The van der Waals surface area contributed by atoms with Crippen molar-refractivity contribution in [2.24, 2.45) is 5.14 Å². The molecule has 98 valence electrons. The fourth-order valence-electron chi connectivity index (χ4n) is 1.80. The van der Waals surface area contributed by atoms with Crippen molar-refractivity contribution in [1.29, 1.82) is 0 Å². The molecule has 0 heterocycles. The standard InChI is InChI=1S/C16H17NOS/c1-2-13-6-8-14(9-7-13)10-11-15-4-3-5-16(12-15)19(17)18/h3-12H,2,17H2,1H3/b11-10+. The van der Waals surface area contributed by atoms with Crippen LogP contribution in [0.4, 0.5) is 0 Å². The van der Waals surface area contributed by atoms with Crippen molar-refractivity contribution in [3.63, 3.8) is 0 Å². The minimum absolute atomic E-state index is 0.642. The van der Waals surface area contributed by atoms with Gasteiger partial charge in [-0.3, -0.25) is 0 Å². The first-order chi connectivity index (χ1) is 9.19. The van der Waals surface area contributed by atoms with Gasteiger partial charge in [-0.15, -0.1) is 0 Å². The maximum Gasteiger partial charge on any atom is 0.122 e. The SMILES string of the molecule is CCc1ccc(/C=C/c2cccc(S(N)=O)c2)cc1. The summed E-state index contributed by atoms with van der Waals surface area (Å²) in [6.07, 6.45) is 5.09. The van der Waals surface area contributed by atoms with Gasteiger partial charge in [0.05, 0.1) is 4.90 Å². The summed E-state index contributed by atoms with van der Waals surface area (Å²) in [6, 6.07) is 15.9. The monoisotopic (exact) mass is 271 g/mol. The molecule has 2 aromatic rings. The molecular weight excluding hydrogens is 254 g/mol. The van der Waals surface area contributed by atoms with Crippen molar-refractivity contribution < 1.29 is 4.21 Å². The van der Waals surface area contributed by atoms with E-state index in [0.29, 0.717) is 4.90 Å². The van der Waals surface area contributed by atoms with Gasteiger partial charge in [-0.1, -0.05) is 55.5 Å². The Labute approximate surface area is 116 Å². The predicted octanol–water partition coefficient (Wildman–Crippen LogP) is 3.40. The zero-order valence-corrected chi connectivity index (χ0v) is 11.7. The largest absolute Gasteiger partial charge is 0.248 e. The van der Waals surface area contributed by atoms with E-state index in [4.69, 9.17) is 5.14 Å². The fourth-order valence-corrected chi connectivity index (χ4v) is 2.27. The summed E-state index contributed by atoms with van der Waals surface area (Å²) in [6.45, 7) is 2.14. The van der Waals surface area contributed by atoms with E-state index in [0.717, 1.165) is 17.5 Å². The normalized spacial score (nSPS) is 12.7. The third-order valence-electron chi connectivity index (χ3n) is 2.95. The number of hydrogen-bond acceptors (Lipinski definition) is 1. The molecule has 2 aromatic carbocycles. The van der Waals surface area contributed by atoms with E-state index in [9.17, 15) is 4.21 Å². The summed E-state index contributed by atoms with van der Waals surface area (Å²) in [4.78, 5) is 0.642. The Kier molecular flexibility index (Phi) is 4.66. The maximum atomic E-state index is 11.2. The second-order valence-corrected chi connectivity index (χ2v) is 5.36. The van der Waals surface area contributed by atoms with Gasteiger partial charge in [-0.2, -0.15) is 0 Å². The quantitative estimate of drug-likeness (QED) is 0.851. The van der Waals surface area contributed by atoms with E-state index < -0.39 is 11.0 Å². The first kappa shape index (κ1) is 13.7. The molecule has 0 aromatic heterocycles. The minimum Gasteiger partial charge on any atom is -0.248 e. The summed E-state index contributed by atoms with van der Waals surface area (Å²) in [5, 5.41) is 5.37. The molecule has 2 N–H and O–H groups in total. The molecule has 0 aliphatic carbocycles. The third kappa shape index (κ3) is 3.88. The Morgan fingerprint density at radius 1 is 1.05 bits per heavy atom. The van der Waals surface area contributed by atoms with Crippen molar-refractivity contribution in [2.75, 3.05) is 0 Å². The highest BCUT2D eigenvalue weighted by Gasteiger charge is 1.97. The molecule has 1 unspecified atom stereocenters. The van der Waals surface area contributed by atoms with Gasteiger partial charge in [0, 0.05) is 0 Å². The lowest BCUT2D eigenvalue weighted by molar-refractivity contribution is 0.684. The molecule has 3 heteroatoms. The molecule has 0 bridgehead atoms. The molecule has 0 aliphatic heterocycles. The molecule has 0 radical (unpaired) electrons. The number of benzene rings is 2. The summed E-state index contributed by atoms with van der Waals surface area (Å²) in [7, 11) is -1.43. The third-order valence-corrected chi connectivity index (χ3v) is 3.67. The molecule has 0 amide bonds. The molecule has 0 saturated heterocycles. The lowest BCUT2D eigenvalue weighted by Crippen LogP contribution is -2.02. The predicted molar refractivity (Wildman–Crippen MR) is 81.8 cm³/mol. The van der Waals surface area contributed by atoms with Crippen LogP contribution in [0.5, 0.6) is 0 Å². The first-order valence-corrected chi connectivity index (χ1v) is 7.43. The van der Waals surface area contributed by atoms with Crippen LogP contribution >= 0.6 is 0 Å². The molecule has 2 nitrogen and oxygen atoms in total. The maximum absolute atomic E-state index is 11.2. The van der Waals surface area contributed by atoms with Crippen molar-refractivity contribution >= 4 is 23.1 Å². The van der Waals surface area contributed by atoms with Crippen molar-refractivity contribution in [3.8, 4) is 0 Å². The Morgan fingerprint density at radius 3 is 2.37 bits per heavy atom. The first-order valence-electron chi connectivity index (χ1n) is 6.22. The molecule has 1 atom stereocenters. The fraction of sp³-hybridized carbons (Fsp3) is 0.125. The van der Waals surface area contributed by atoms with Crippen LogP contribution in [0.1, 0.15) is 23.6 Å². The van der Waals surface area contributed by atoms with Crippen LogP contribution < -0.4 is 5.14 Å². The van der Waals surface area contributed by atoms with Gasteiger partial charge in [0.15, 0.2) is 0 Å². The second-order valence-electron chi connectivity index (χ2n) is 4.30. The van der Waals surface area contributed by atoms with Gasteiger partial charge in [-0.05, 0) is 35.2 Å². The van der Waals surface area contributed by atoms with Crippen LogP contribution in [-0.2, 0) is 17.4 Å². The summed E-state index contributed by atoms with van der Waals surface area (Å²) < 4.78 is 11.2. The van der Waals surface area contributed by atoms with Gasteiger partial charge in [-0.25, -0.2) is 9.35 Å². The molecule has 0 aliphatic rings. The Hall–Kier alpha value is -1.71. The Bertz CT molecular complexity index is 602. The molecule has 0 fully saturated rings. The highest BCUT2D eigenvalue weighted by Crippen LogP contribution is 2.12. The topological polar surface area (TPSA) is 43.1 Å². The average molecular weight is 271 g/mol. The summed E-state index contributed by atoms with van der Waals surface area (Å²) >= 11 is 0. The zero-order chi connectivity index (χ0) is 13.7. The van der Waals surface area contributed by atoms with Crippen molar-refractivity contribution in [2.45, 2.75) is 18.2 Å². The number of hydrogen-bond donors (Lipinski definition) is 1. The summed E-state index contributed by atoms with van der Waals surface area (Å²) in [5.41, 5.74) is 3.48. The van der Waals surface area contributed by atoms with E-state index in [1.54, 1.807) is 6.07 Å². The molecule has 0 saturated carbocycles. The number of nitrogens with two attached hydrogens (primary N) is 1. The van der Waals surface area contributed by atoms with Gasteiger partial charge in [0.25, 0.3) is 0 Å². The summed E-state index contributed by atoms with van der Waals surface area (Å²) in [5.74, 6) is 0. The van der Waals surface area contributed by atoms with Crippen LogP contribution in [0, 0.1) is 0 Å². The van der Waals surface area contributed by atoms with Crippen molar-refractivity contribution in [3.05, 3.63) is 65.2 Å². The molecule has 0 spiro atoms. The van der Waals surface area contributed by atoms with Gasteiger partial charge in [0.2, 0.25) is 0 Å². The smallest absolute Gasteiger partial charge is 0.122 e. The second kappa shape index (κ2) is 6.45. The molecule has 19 heavy (non-hydrogen) atoms. The van der Waals surface area contributed by atoms with Crippen LogP contribution in [0.3, 0.4) is 0 Å². The van der Waals surface area contributed by atoms with Crippen molar-refractivity contribution in [1.82, 2.24) is 0 Å². The molecular formula is C16H17NOS. The van der Waals surface area contributed by atoms with E-state index in [1.165, 1.54) is 5.56 Å². The lowest BCUT2D eigenvalue weighted by atomic mass is 10.1. The minimum atomic E-state index is -1.43. The van der Waals surface area contributed by atoms with Gasteiger partial charge < -0.3 is 0 Å². The highest BCUT2D eigenvalue weighted by atomic mass is 32.2. The van der Waals surface area contributed by atoms with Crippen LogP contribution in [-0.4, -0.2) is 4.21 Å². The van der Waals surface area contributed by atoms with E-state index >= 15 is 0 Å². The zero-order valence-electron chi connectivity index (χ0n) is 10.9. The van der Waals surface area contributed by atoms with Crippen LogP contribution in [0.2, 0.25) is 0 Å². The van der Waals surface area contributed by atoms with E-state index in [1.807, 2.05) is 30.4 Å². The van der Waals surface area contributed by atoms with E-state index in [2.05, 4.69) is 31.2 Å². The number of aryl methyl sites for hydroxylation is 1.